The number of aromatic nitrogens is 1. The van der Waals surface area contributed by atoms with Crippen molar-refractivity contribution in [2.45, 2.75) is 13.8 Å². The third-order valence-electron chi connectivity index (χ3n) is 5.82. The number of carbonyl (C=O) groups excluding carboxylic acids is 1. The van der Waals surface area contributed by atoms with Crippen LogP contribution in [0.5, 0.6) is 11.5 Å². The van der Waals surface area contributed by atoms with Crippen LogP contribution in [0.2, 0.25) is 0 Å². The molecule has 7 nitrogen and oxygen atoms in total. The van der Waals surface area contributed by atoms with Gasteiger partial charge in [0.15, 0.2) is 16.6 Å². The van der Waals surface area contributed by atoms with Crippen molar-refractivity contribution in [2.75, 3.05) is 58.4 Å². The summed E-state index contributed by atoms with van der Waals surface area (Å²) in [5.41, 5.74) is 4.21. The zero-order valence-corrected chi connectivity index (χ0v) is 19.9. The average molecular weight is 455 g/mol. The molecular formula is C24H30N4O3S. The molecule has 0 bridgehead atoms. The van der Waals surface area contributed by atoms with E-state index in [4.69, 9.17) is 14.5 Å². The number of rotatable bonds is 7. The van der Waals surface area contributed by atoms with Crippen molar-refractivity contribution in [2.24, 2.45) is 0 Å². The molecule has 1 saturated heterocycles. The van der Waals surface area contributed by atoms with Gasteiger partial charge in [0.1, 0.15) is 0 Å². The van der Waals surface area contributed by atoms with E-state index in [0.29, 0.717) is 23.6 Å². The summed E-state index contributed by atoms with van der Waals surface area (Å²) in [6, 6.07) is 9.61. The van der Waals surface area contributed by atoms with E-state index in [-0.39, 0.29) is 5.91 Å². The maximum atomic E-state index is 12.5. The van der Waals surface area contributed by atoms with Gasteiger partial charge in [-0.2, -0.15) is 0 Å². The number of aryl methyl sites for hydroxylation is 2. The number of nitrogens with zero attached hydrogens (tertiary/aromatic N) is 3. The molecule has 0 unspecified atom stereocenters. The number of amides is 1. The molecule has 1 aromatic heterocycles. The first-order valence-corrected chi connectivity index (χ1v) is 11.7. The Labute approximate surface area is 192 Å². The lowest BCUT2D eigenvalue weighted by Gasteiger charge is -2.34. The van der Waals surface area contributed by atoms with Gasteiger partial charge < -0.3 is 19.7 Å². The zero-order chi connectivity index (χ0) is 22.7. The summed E-state index contributed by atoms with van der Waals surface area (Å²) in [4.78, 5) is 22.1. The Hall–Kier alpha value is -2.84. The first-order chi connectivity index (χ1) is 15.5. The molecule has 170 valence electrons. The van der Waals surface area contributed by atoms with Crippen molar-refractivity contribution in [3.63, 3.8) is 0 Å². The molecule has 1 N–H and O–H groups in total. The molecule has 32 heavy (non-hydrogen) atoms. The standard InChI is InChI=1S/C24H30N4O3S/c1-16-13-17(2)22-21(14-16)32-24(26-22)28-11-9-27(10-12-28)8-7-25-23(29)18-5-6-19(30-3)20(15-18)31-4/h5-6,13-15H,7-12H2,1-4H3,(H,25,29). The highest BCUT2D eigenvalue weighted by atomic mass is 32.1. The van der Waals surface area contributed by atoms with Crippen molar-refractivity contribution in [1.82, 2.24) is 15.2 Å². The Morgan fingerprint density at radius 1 is 1.06 bits per heavy atom. The third-order valence-corrected chi connectivity index (χ3v) is 6.88. The summed E-state index contributed by atoms with van der Waals surface area (Å²) in [5, 5.41) is 4.11. The Bertz CT molecular complexity index is 1110. The van der Waals surface area contributed by atoms with E-state index >= 15 is 0 Å². The van der Waals surface area contributed by atoms with Crippen molar-refractivity contribution in [3.8, 4) is 11.5 Å². The Kier molecular flexibility index (Phi) is 6.81. The van der Waals surface area contributed by atoms with Gasteiger partial charge in [-0.05, 0) is 49.2 Å². The van der Waals surface area contributed by atoms with Crippen LogP contribution in [-0.4, -0.2) is 69.3 Å². The second kappa shape index (κ2) is 9.75. The summed E-state index contributed by atoms with van der Waals surface area (Å²) in [6.07, 6.45) is 0. The Balaban J connectivity index is 1.27. The second-order valence-electron chi connectivity index (χ2n) is 8.08. The van der Waals surface area contributed by atoms with Gasteiger partial charge in [-0.15, -0.1) is 0 Å². The first-order valence-electron chi connectivity index (χ1n) is 10.8. The molecule has 2 aromatic carbocycles. The largest absolute Gasteiger partial charge is 0.493 e. The van der Waals surface area contributed by atoms with Gasteiger partial charge in [-0.25, -0.2) is 4.98 Å². The molecule has 1 fully saturated rings. The zero-order valence-electron chi connectivity index (χ0n) is 19.1. The minimum Gasteiger partial charge on any atom is -0.493 e. The molecular weight excluding hydrogens is 424 g/mol. The number of ether oxygens (including phenoxy) is 2. The summed E-state index contributed by atoms with van der Waals surface area (Å²) in [6.45, 7) is 9.50. The third kappa shape index (κ3) is 4.81. The number of nitrogens with one attached hydrogen (secondary N) is 1. The van der Waals surface area contributed by atoms with Gasteiger partial charge in [0.2, 0.25) is 0 Å². The molecule has 1 aliphatic heterocycles. The highest BCUT2D eigenvalue weighted by Crippen LogP contribution is 2.32. The number of anilines is 1. The van der Waals surface area contributed by atoms with Crippen LogP contribution in [0.4, 0.5) is 5.13 Å². The predicted octanol–water partition coefficient (Wildman–Crippen LogP) is 3.48. The van der Waals surface area contributed by atoms with Gasteiger partial charge in [0.05, 0.1) is 24.4 Å². The average Bonchev–Trinajstić information content (AvgIpc) is 3.23. The normalized spacial score (nSPS) is 14.6. The maximum absolute atomic E-state index is 12.5. The highest BCUT2D eigenvalue weighted by molar-refractivity contribution is 7.22. The molecule has 0 radical (unpaired) electrons. The molecule has 0 aliphatic carbocycles. The van der Waals surface area contributed by atoms with Crippen LogP contribution in [0.1, 0.15) is 21.5 Å². The van der Waals surface area contributed by atoms with Gasteiger partial charge in [-0.1, -0.05) is 17.4 Å². The van der Waals surface area contributed by atoms with Crippen LogP contribution < -0.4 is 19.7 Å². The first kappa shape index (κ1) is 22.4. The topological polar surface area (TPSA) is 66.9 Å². The summed E-state index contributed by atoms with van der Waals surface area (Å²) >= 11 is 1.78. The van der Waals surface area contributed by atoms with E-state index in [2.05, 4.69) is 41.1 Å². The van der Waals surface area contributed by atoms with Gasteiger partial charge in [0, 0.05) is 44.8 Å². The predicted molar refractivity (Wildman–Crippen MR) is 130 cm³/mol. The number of hydrogen-bond donors (Lipinski definition) is 1. The summed E-state index contributed by atoms with van der Waals surface area (Å²) < 4.78 is 11.8. The fourth-order valence-electron chi connectivity index (χ4n) is 4.06. The van der Waals surface area contributed by atoms with E-state index in [1.165, 1.54) is 15.8 Å². The molecule has 4 rings (SSSR count). The summed E-state index contributed by atoms with van der Waals surface area (Å²) in [7, 11) is 3.14. The maximum Gasteiger partial charge on any atom is 0.251 e. The number of carbonyl (C=O) groups is 1. The fraction of sp³-hybridized carbons (Fsp3) is 0.417. The van der Waals surface area contributed by atoms with Gasteiger partial charge in [-0.3, -0.25) is 9.69 Å². The molecule has 2 heterocycles. The Morgan fingerprint density at radius 3 is 2.53 bits per heavy atom. The van der Waals surface area contributed by atoms with Crippen LogP contribution in [-0.2, 0) is 0 Å². The Morgan fingerprint density at radius 2 is 1.81 bits per heavy atom. The van der Waals surface area contributed by atoms with Crippen LogP contribution >= 0.6 is 11.3 Å². The number of methoxy groups -OCH3 is 2. The van der Waals surface area contributed by atoms with Crippen LogP contribution in [0.15, 0.2) is 30.3 Å². The molecule has 1 amide bonds. The van der Waals surface area contributed by atoms with Gasteiger partial charge in [0.25, 0.3) is 5.91 Å². The molecule has 3 aromatic rings. The molecule has 8 heteroatoms. The fourth-order valence-corrected chi connectivity index (χ4v) is 5.26. The molecule has 0 atom stereocenters. The van der Waals surface area contributed by atoms with E-state index in [1.54, 1.807) is 43.8 Å². The van der Waals surface area contributed by atoms with E-state index in [9.17, 15) is 4.79 Å². The number of piperazine rings is 1. The van der Waals surface area contributed by atoms with Crippen molar-refractivity contribution >= 4 is 32.6 Å². The number of hydrogen-bond acceptors (Lipinski definition) is 7. The van der Waals surface area contributed by atoms with Crippen molar-refractivity contribution < 1.29 is 14.3 Å². The SMILES string of the molecule is COc1ccc(C(=O)NCCN2CCN(c3nc4c(C)cc(C)cc4s3)CC2)cc1OC. The van der Waals surface area contributed by atoms with E-state index in [1.807, 2.05) is 0 Å². The van der Waals surface area contributed by atoms with Gasteiger partial charge >= 0.3 is 0 Å². The molecule has 1 aliphatic rings. The number of fused-ring (bicyclic) bond motifs is 1. The smallest absolute Gasteiger partial charge is 0.251 e. The van der Waals surface area contributed by atoms with Crippen LogP contribution in [0.3, 0.4) is 0 Å². The van der Waals surface area contributed by atoms with Crippen LogP contribution in [0.25, 0.3) is 10.2 Å². The minimum absolute atomic E-state index is 0.107. The molecule has 0 spiro atoms. The molecule has 0 saturated carbocycles. The van der Waals surface area contributed by atoms with E-state index < -0.39 is 0 Å². The van der Waals surface area contributed by atoms with Crippen molar-refractivity contribution in [1.29, 1.82) is 0 Å². The van der Waals surface area contributed by atoms with Crippen LogP contribution in [0, 0.1) is 13.8 Å². The summed E-state index contributed by atoms with van der Waals surface area (Å²) in [5.74, 6) is 1.06. The highest BCUT2D eigenvalue weighted by Gasteiger charge is 2.20. The minimum atomic E-state index is -0.107. The quantitative estimate of drug-likeness (QED) is 0.590. The lowest BCUT2D eigenvalue weighted by molar-refractivity contribution is 0.0947. The lowest BCUT2D eigenvalue weighted by atomic mass is 10.1. The number of thiazole rings is 1. The monoisotopic (exact) mass is 454 g/mol. The van der Waals surface area contributed by atoms with E-state index in [0.717, 1.165) is 43.4 Å². The second-order valence-corrected chi connectivity index (χ2v) is 9.09. The number of benzene rings is 2. The lowest BCUT2D eigenvalue weighted by Crippen LogP contribution is -2.48. The van der Waals surface area contributed by atoms with Crippen molar-refractivity contribution in [3.05, 3.63) is 47.0 Å².